The number of rotatable bonds is 14. The second kappa shape index (κ2) is 16.0. The molecule has 2 N–H and O–H groups in total. The Kier molecular flexibility index (Phi) is 15.0. The predicted molar refractivity (Wildman–Crippen MR) is 89.8 cm³/mol. The van der Waals surface area contributed by atoms with Crippen LogP contribution in [0.25, 0.3) is 0 Å². The monoisotopic (exact) mass is 310 g/mol. The lowest BCUT2D eigenvalue weighted by molar-refractivity contribution is -0.264. The molecule has 0 rings (SSSR count). The predicted octanol–water partition coefficient (Wildman–Crippen LogP) is 5.13. The zero-order valence-corrected chi connectivity index (χ0v) is 13.6. The highest BCUT2D eigenvalue weighted by Crippen LogP contribution is 2.08. The van der Waals surface area contributed by atoms with Crippen LogP contribution in [-0.2, 0) is 9.68 Å². The minimum atomic E-state index is -0.704. The van der Waals surface area contributed by atoms with Crippen molar-refractivity contribution in [2.45, 2.75) is 70.8 Å². The van der Waals surface area contributed by atoms with E-state index < -0.39 is 5.97 Å². The molecule has 0 aliphatic heterocycles. The van der Waals surface area contributed by atoms with Gasteiger partial charge in [-0.3, -0.25) is 10.1 Å². The zero-order chi connectivity index (χ0) is 16.5. The highest BCUT2D eigenvalue weighted by Gasteiger charge is 1.99. The highest BCUT2D eigenvalue weighted by molar-refractivity contribution is 5.66. The molecule has 0 aromatic carbocycles. The van der Waals surface area contributed by atoms with Crippen molar-refractivity contribution >= 4 is 5.97 Å². The third-order valence-electron chi connectivity index (χ3n) is 3.24. The lowest BCUT2D eigenvalue weighted by Crippen LogP contribution is -2.04. The molecule has 0 aliphatic carbocycles. The number of allylic oxidation sites excluding steroid dienone is 4. The van der Waals surface area contributed by atoms with Gasteiger partial charge in [0.25, 0.3) is 0 Å². The Labute approximate surface area is 134 Å². The second-order valence-electron chi connectivity index (χ2n) is 5.27. The van der Waals surface area contributed by atoms with E-state index in [4.69, 9.17) is 10.4 Å². The van der Waals surface area contributed by atoms with E-state index >= 15 is 0 Å². The molecule has 0 fully saturated rings. The quantitative estimate of drug-likeness (QED) is 0.153. The Morgan fingerprint density at radius 2 is 1.77 bits per heavy atom. The molecule has 0 unspecified atom stereocenters. The number of carboxylic acid groups (broad SMARTS) is 1. The van der Waals surface area contributed by atoms with Crippen LogP contribution in [0, 0.1) is 0 Å². The Hall–Kier alpha value is -1.39. The maximum absolute atomic E-state index is 10.3. The lowest BCUT2D eigenvalue weighted by atomic mass is 10.1. The van der Waals surface area contributed by atoms with Crippen LogP contribution in [0.3, 0.4) is 0 Å². The Morgan fingerprint density at radius 3 is 2.45 bits per heavy atom. The Bertz CT molecular complexity index is 345. The van der Waals surface area contributed by atoms with E-state index in [1.165, 1.54) is 0 Å². The molecule has 0 aromatic rings. The van der Waals surface area contributed by atoms with Gasteiger partial charge in [0.05, 0.1) is 0 Å². The fraction of sp³-hybridized carbons (Fsp3) is 0.611. The largest absolute Gasteiger partial charge is 0.481 e. The number of hydrogen-bond donors (Lipinski definition) is 2. The summed E-state index contributed by atoms with van der Waals surface area (Å²) in [4.78, 5) is 14.7. The summed E-state index contributed by atoms with van der Waals surface area (Å²) in [6, 6.07) is 0. The summed E-state index contributed by atoms with van der Waals surface area (Å²) in [6.45, 7) is 2.07. The van der Waals surface area contributed by atoms with Crippen molar-refractivity contribution in [1.82, 2.24) is 0 Å². The van der Waals surface area contributed by atoms with Crippen molar-refractivity contribution in [1.29, 1.82) is 0 Å². The molecule has 126 valence electrons. The summed E-state index contributed by atoms with van der Waals surface area (Å²) in [5.74, 6) is -0.704. The molecule has 1 atom stereocenters. The van der Waals surface area contributed by atoms with Gasteiger partial charge in [0.2, 0.25) is 0 Å². The molecule has 0 aromatic heterocycles. The molecule has 4 nitrogen and oxygen atoms in total. The van der Waals surface area contributed by atoms with Crippen LogP contribution in [0.1, 0.15) is 64.7 Å². The van der Waals surface area contributed by atoms with Gasteiger partial charge in [0.1, 0.15) is 6.10 Å². The summed E-state index contributed by atoms with van der Waals surface area (Å²) in [5.41, 5.74) is 0. The molecule has 0 aliphatic rings. The molecule has 4 heteroatoms. The van der Waals surface area contributed by atoms with Gasteiger partial charge in [-0.25, -0.2) is 4.89 Å². The van der Waals surface area contributed by atoms with Gasteiger partial charge >= 0.3 is 5.97 Å². The summed E-state index contributed by atoms with van der Waals surface area (Å²) in [5, 5.41) is 17.3. The molecule has 0 heterocycles. The van der Waals surface area contributed by atoms with E-state index in [-0.39, 0.29) is 12.5 Å². The first-order chi connectivity index (χ1) is 10.7. The van der Waals surface area contributed by atoms with E-state index in [1.54, 1.807) is 0 Å². The fourth-order valence-corrected chi connectivity index (χ4v) is 1.99. The molecular weight excluding hydrogens is 280 g/mol. The maximum Gasteiger partial charge on any atom is 0.303 e. The first-order valence-electron chi connectivity index (χ1n) is 8.21. The van der Waals surface area contributed by atoms with Crippen molar-refractivity contribution in [3.05, 3.63) is 36.5 Å². The third-order valence-corrected chi connectivity index (χ3v) is 3.24. The molecule has 0 saturated carbocycles. The van der Waals surface area contributed by atoms with Crippen molar-refractivity contribution in [3.63, 3.8) is 0 Å². The molecular formula is C18H30O4. The van der Waals surface area contributed by atoms with Crippen LogP contribution in [0.4, 0.5) is 0 Å². The van der Waals surface area contributed by atoms with Gasteiger partial charge < -0.3 is 5.11 Å². The minimum Gasteiger partial charge on any atom is -0.481 e. The fourth-order valence-electron chi connectivity index (χ4n) is 1.99. The molecule has 0 bridgehead atoms. The standard InChI is InChI=1S/C18H30O4/c1-2-3-11-14-17(22-21)15-12-9-7-5-4-6-8-10-13-16-18(19)20/h3,7,9,11-12,15,17,21H,2,4-6,8,10,13-14,16H2,1H3,(H,19,20)/b9-7+,11-3-,15-12+/t17-/m0/s1. The normalized spacial score (nSPS) is 13.5. The zero-order valence-electron chi connectivity index (χ0n) is 13.6. The van der Waals surface area contributed by atoms with Crippen LogP contribution in [0.2, 0.25) is 0 Å². The first-order valence-corrected chi connectivity index (χ1v) is 8.21. The number of unbranched alkanes of at least 4 members (excludes halogenated alkanes) is 5. The number of hydrogen-bond acceptors (Lipinski definition) is 3. The Morgan fingerprint density at radius 1 is 1.05 bits per heavy atom. The van der Waals surface area contributed by atoms with E-state index in [1.807, 2.05) is 30.4 Å². The van der Waals surface area contributed by atoms with Gasteiger partial charge in [-0.05, 0) is 32.1 Å². The number of carboxylic acids is 1. The van der Waals surface area contributed by atoms with Crippen LogP contribution in [0.5, 0.6) is 0 Å². The van der Waals surface area contributed by atoms with E-state index in [0.717, 1.165) is 44.9 Å². The number of carbonyl (C=O) groups is 1. The van der Waals surface area contributed by atoms with Crippen LogP contribution in [-0.4, -0.2) is 22.4 Å². The van der Waals surface area contributed by atoms with Crippen LogP contribution in [0.15, 0.2) is 36.5 Å². The van der Waals surface area contributed by atoms with Gasteiger partial charge in [0, 0.05) is 6.42 Å². The molecule has 0 saturated heterocycles. The van der Waals surface area contributed by atoms with Crippen LogP contribution < -0.4 is 0 Å². The summed E-state index contributed by atoms with van der Waals surface area (Å²) in [7, 11) is 0. The second-order valence-corrected chi connectivity index (χ2v) is 5.27. The van der Waals surface area contributed by atoms with Gasteiger partial charge in [-0.15, -0.1) is 0 Å². The van der Waals surface area contributed by atoms with Crippen molar-refractivity contribution in [2.75, 3.05) is 0 Å². The van der Waals surface area contributed by atoms with E-state index in [2.05, 4.69) is 17.9 Å². The van der Waals surface area contributed by atoms with Gasteiger partial charge in [-0.2, -0.15) is 0 Å². The summed E-state index contributed by atoms with van der Waals surface area (Å²) in [6.07, 6.45) is 19.7. The molecule has 0 amide bonds. The smallest absolute Gasteiger partial charge is 0.303 e. The SMILES string of the molecule is CC/C=C\C[C@@H](/C=C/C=C/CCCCCCCC(=O)O)OO. The van der Waals surface area contributed by atoms with Crippen molar-refractivity contribution in [2.24, 2.45) is 0 Å². The van der Waals surface area contributed by atoms with Crippen molar-refractivity contribution in [3.8, 4) is 0 Å². The van der Waals surface area contributed by atoms with Crippen molar-refractivity contribution < 1.29 is 20.0 Å². The molecule has 0 spiro atoms. The summed E-state index contributed by atoms with van der Waals surface area (Å²) >= 11 is 0. The highest BCUT2D eigenvalue weighted by atomic mass is 17.1. The first kappa shape index (κ1) is 20.6. The minimum absolute atomic E-state index is 0.284. The molecule has 0 radical (unpaired) electrons. The maximum atomic E-state index is 10.3. The van der Waals surface area contributed by atoms with Gasteiger partial charge in [-0.1, -0.05) is 62.6 Å². The summed E-state index contributed by atoms with van der Waals surface area (Å²) < 4.78 is 0. The topological polar surface area (TPSA) is 66.8 Å². The Balaban J connectivity index is 3.57. The average molecular weight is 310 g/mol. The average Bonchev–Trinajstić information content (AvgIpc) is 2.50. The lowest BCUT2D eigenvalue weighted by Gasteiger charge is -2.03. The number of aliphatic carboxylic acids is 1. The van der Waals surface area contributed by atoms with E-state index in [9.17, 15) is 4.79 Å². The third kappa shape index (κ3) is 15.0. The van der Waals surface area contributed by atoms with Gasteiger partial charge in [0.15, 0.2) is 0 Å². The van der Waals surface area contributed by atoms with Crippen LogP contribution >= 0.6 is 0 Å². The van der Waals surface area contributed by atoms with E-state index in [0.29, 0.717) is 6.42 Å². The molecule has 22 heavy (non-hydrogen) atoms.